The predicted octanol–water partition coefficient (Wildman–Crippen LogP) is 1.39. The van der Waals surface area contributed by atoms with Gasteiger partial charge in [-0.25, -0.2) is 5.01 Å². The van der Waals surface area contributed by atoms with E-state index in [1.807, 2.05) is 6.07 Å². The molecule has 0 aromatic heterocycles. The van der Waals surface area contributed by atoms with Crippen LogP contribution in [0.4, 0.5) is 0 Å². The minimum Gasteiger partial charge on any atom is -0.493 e. The molecule has 0 aliphatic carbocycles. The van der Waals surface area contributed by atoms with Crippen molar-refractivity contribution in [3.05, 3.63) is 23.8 Å². The Bertz CT molecular complexity index is 445. The molecule has 1 saturated heterocycles. The Hall–Kier alpha value is -1.30. The van der Waals surface area contributed by atoms with E-state index in [0.29, 0.717) is 6.04 Å². The first-order valence-electron chi connectivity index (χ1n) is 7.53. The lowest BCUT2D eigenvalue weighted by molar-refractivity contribution is 0.0899. The molecule has 1 heterocycles. The normalized spacial score (nSPS) is 18.5. The zero-order valence-corrected chi connectivity index (χ0v) is 13.6. The molecule has 1 aliphatic rings. The molecule has 5 nitrogen and oxygen atoms in total. The van der Waals surface area contributed by atoms with E-state index in [4.69, 9.17) is 9.47 Å². The van der Waals surface area contributed by atoms with Crippen LogP contribution in [0, 0.1) is 0 Å². The first-order chi connectivity index (χ1) is 10.1. The van der Waals surface area contributed by atoms with Gasteiger partial charge < -0.3 is 14.4 Å². The third-order valence-corrected chi connectivity index (χ3v) is 3.90. The maximum atomic E-state index is 5.36. The standard InChI is InChI=1S/C16H27N3O2/c1-13(17-19-9-7-18(2)8-10-19)11-14-5-6-15(20-3)16(12-14)21-4/h5-6,12-13,17H,7-11H2,1-4H3/t13-/m1/s1. The fraction of sp³-hybridized carbons (Fsp3) is 0.625. The van der Waals surface area contributed by atoms with Gasteiger partial charge in [0.15, 0.2) is 11.5 Å². The summed E-state index contributed by atoms with van der Waals surface area (Å²) >= 11 is 0. The number of hydrogen-bond acceptors (Lipinski definition) is 5. The number of likely N-dealkylation sites (N-methyl/N-ethyl adjacent to an activating group) is 1. The van der Waals surface area contributed by atoms with Crippen LogP contribution in [0.25, 0.3) is 0 Å². The third-order valence-electron chi connectivity index (χ3n) is 3.90. The maximum absolute atomic E-state index is 5.36. The maximum Gasteiger partial charge on any atom is 0.160 e. The van der Waals surface area contributed by atoms with Crippen molar-refractivity contribution < 1.29 is 9.47 Å². The number of piperazine rings is 1. The molecule has 1 N–H and O–H groups in total. The van der Waals surface area contributed by atoms with E-state index >= 15 is 0 Å². The SMILES string of the molecule is COc1ccc(C[C@@H](C)NN2CCN(C)CC2)cc1OC. The smallest absolute Gasteiger partial charge is 0.160 e. The Kier molecular flexibility index (Phi) is 5.85. The minimum atomic E-state index is 0.395. The highest BCUT2D eigenvalue weighted by Gasteiger charge is 2.16. The minimum absolute atomic E-state index is 0.395. The highest BCUT2D eigenvalue weighted by atomic mass is 16.5. The van der Waals surface area contributed by atoms with Crippen LogP contribution in [0.5, 0.6) is 11.5 Å². The van der Waals surface area contributed by atoms with Gasteiger partial charge >= 0.3 is 0 Å². The van der Waals surface area contributed by atoms with Crippen molar-refractivity contribution in [2.45, 2.75) is 19.4 Å². The number of hydrogen-bond donors (Lipinski definition) is 1. The monoisotopic (exact) mass is 293 g/mol. The fourth-order valence-corrected chi connectivity index (χ4v) is 2.65. The predicted molar refractivity (Wildman–Crippen MR) is 84.9 cm³/mol. The van der Waals surface area contributed by atoms with Crippen LogP contribution < -0.4 is 14.9 Å². The lowest BCUT2D eigenvalue weighted by Gasteiger charge is -2.34. The Morgan fingerprint density at radius 2 is 1.76 bits per heavy atom. The summed E-state index contributed by atoms with van der Waals surface area (Å²) in [4.78, 5) is 2.36. The summed E-state index contributed by atoms with van der Waals surface area (Å²) < 4.78 is 10.6. The van der Waals surface area contributed by atoms with Crippen molar-refractivity contribution in [1.82, 2.24) is 15.3 Å². The summed E-state index contributed by atoms with van der Waals surface area (Å²) in [6, 6.07) is 6.52. The Labute approximate surface area is 127 Å². The van der Waals surface area contributed by atoms with Gasteiger partial charge in [0.05, 0.1) is 14.2 Å². The third kappa shape index (κ3) is 4.59. The fourth-order valence-electron chi connectivity index (χ4n) is 2.65. The molecule has 1 aromatic carbocycles. The van der Waals surface area contributed by atoms with Gasteiger partial charge in [-0.05, 0) is 38.1 Å². The molecule has 0 saturated carbocycles. The van der Waals surface area contributed by atoms with Crippen molar-refractivity contribution >= 4 is 0 Å². The number of nitrogens with zero attached hydrogens (tertiary/aromatic N) is 2. The van der Waals surface area contributed by atoms with Crippen LogP contribution in [0.2, 0.25) is 0 Å². The zero-order chi connectivity index (χ0) is 15.2. The molecule has 0 unspecified atom stereocenters. The molecular weight excluding hydrogens is 266 g/mol. The first-order valence-corrected chi connectivity index (χ1v) is 7.53. The summed E-state index contributed by atoms with van der Waals surface area (Å²) in [7, 11) is 5.51. The van der Waals surface area contributed by atoms with E-state index < -0.39 is 0 Å². The largest absolute Gasteiger partial charge is 0.493 e. The second kappa shape index (κ2) is 7.64. The van der Waals surface area contributed by atoms with Gasteiger partial charge in [0, 0.05) is 32.2 Å². The highest BCUT2D eigenvalue weighted by Crippen LogP contribution is 2.27. The molecule has 0 spiro atoms. The molecule has 0 amide bonds. The van der Waals surface area contributed by atoms with E-state index in [9.17, 15) is 0 Å². The number of hydrazine groups is 1. The molecule has 0 radical (unpaired) electrons. The van der Waals surface area contributed by atoms with Gasteiger partial charge in [0.2, 0.25) is 0 Å². The number of rotatable bonds is 6. The van der Waals surface area contributed by atoms with Gasteiger partial charge in [-0.2, -0.15) is 0 Å². The second-order valence-electron chi connectivity index (χ2n) is 5.71. The summed E-state index contributed by atoms with van der Waals surface area (Å²) in [5.41, 5.74) is 4.84. The van der Waals surface area contributed by atoms with Crippen LogP contribution in [-0.4, -0.2) is 63.4 Å². The zero-order valence-electron chi connectivity index (χ0n) is 13.6. The summed E-state index contributed by atoms with van der Waals surface area (Å²) in [5, 5.41) is 2.32. The van der Waals surface area contributed by atoms with Crippen molar-refractivity contribution in [1.29, 1.82) is 0 Å². The lowest BCUT2D eigenvalue weighted by Crippen LogP contribution is -2.53. The van der Waals surface area contributed by atoms with Crippen molar-refractivity contribution in [3.8, 4) is 11.5 Å². The molecule has 0 bridgehead atoms. The average Bonchev–Trinajstić information content (AvgIpc) is 2.49. The number of methoxy groups -OCH3 is 2. The molecule has 1 fully saturated rings. The molecular formula is C16H27N3O2. The highest BCUT2D eigenvalue weighted by molar-refractivity contribution is 5.43. The topological polar surface area (TPSA) is 37.0 Å². The summed E-state index contributed by atoms with van der Waals surface area (Å²) in [6.07, 6.45) is 0.965. The van der Waals surface area contributed by atoms with Crippen LogP contribution in [-0.2, 0) is 6.42 Å². The summed E-state index contributed by atoms with van der Waals surface area (Å²) in [5.74, 6) is 1.57. The van der Waals surface area contributed by atoms with Gasteiger partial charge in [-0.1, -0.05) is 6.07 Å². The van der Waals surface area contributed by atoms with Crippen LogP contribution in [0.1, 0.15) is 12.5 Å². The van der Waals surface area contributed by atoms with Gasteiger partial charge in [-0.15, -0.1) is 0 Å². The summed E-state index contributed by atoms with van der Waals surface area (Å²) in [6.45, 7) is 6.61. The van der Waals surface area contributed by atoms with Gasteiger partial charge in [0.1, 0.15) is 0 Å². The van der Waals surface area contributed by atoms with E-state index in [1.165, 1.54) is 5.56 Å². The van der Waals surface area contributed by atoms with E-state index in [2.05, 4.69) is 41.4 Å². The number of benzene rings is 1. The van der Waals surface area contributed by atoms with E-state index in [-0.39, 0.29) is 0 Å². The molecule has 118 valence electrons. The number of ether oxygens (including phenoxy) is 2. The van der Waals surface area contributed by atoms with Crippen LogP contribution >= 0.6 is 0 Å². The van der Waals surface area contributed by atoms with Crippen LogP contribution in [0.15, 0.2) is 18.2 Å². The van der Waals surface area contributed by atoms with Crippen LogP contribution in [0.3, 0.4) is 0 Å². The van der Waals surface area contributed by atoms with E-state index in [1.54, 1.807) is 14.2 Å². The van der Waals surface area contributed by atoms with E-state index in [0.717, 1.165) is 44.1 Å². The molecule has 1 aliphatic heterocycles. The lowest BCUT2D eigenvalue weighted by atomic mass is 10.1. The Morgan fingerprint density at radius 3 is 2.38 bits per heavy atom. The Balaban J connectivity index is 1.88. The average molecular weight is 293 g/mol. The van der Waals surface area contributed by atoms with Crippen molar-refractivity contribution in [2.24, 2.45) is 0 Å². The van der Waals surface area contributed by atoms with Gasteiger partial charge in [0.25, 0.3) is 0 Å². The second-order valence-corrected chi connectivity index (χ2v) is 5.71. The van der Waals surface area contributed by atoms with Gasteiger partial charge in [-0.3, -0.25) is 5.43 Å². The molecule has 21 heavy (non-hydrogen) atoms. The Morgan fingerprint density at radius 1 is 1.10 bits per heavy atom. The number of nitrogens with one attached hydrogen (secondary N) is 1. The molecule has 2 rings (SSSR count). The molecule has 1 atom stereocenters. The quantitative estimate of drug-likeness (QED) is 0.858. The molecule has 1 aromatic rings. The van der Waals surface area contributed by atoms with Crippen molar-refractivity contribution in [3.63, 3.8) is 0 Å². The van der Waals surface area contributed by atoms with Crippen molar-refractivity contribution in [2.75, 3.05) is 47.4 Å². The first kappa shape index (κ1) is 16.1. The molecule has 5 heteroatoms.